The van der Waals surface area contributed by atoms with Gasteiger partial charge in [0.15, 0.2) is 0 Å². The van der Waals surface area contributed by atoms with Crippen molar-refractivity contribution in [2.24, 2.45) is 15.4 Å². The quantitative estimate of drug-likeness (QED) is 0.685. The number of fused-ring (bicyclic) bond motifs is 1. The van der Waals surface area contributed by atoms with Crippen molar-refractivity contribution >= 4 is 44.3 Å². The van der Waals surface area contributed by atoms with E-state index >= 15 is 0 Å². The molecule has 164 valence electrons. The molecular weight excluding hydrogens is 426 g/mol. The lowest BCUT2D eigenvalue weighted by Gasteiger charge is -2.23. The molecule has 0 spiro atoms. The van der Waals surface area contributed by atoms with E-state index in [-0.39, 0.29) is 10.8 Å². The number of alkyl carbamates (subject to hydrolysis) is 1. The molecule has 0 fully saturated rings. The van der Waals surface area contributed by atoms with Gasteiger partial charge in [-0.05, 0) is 45.2 Å². The number of hydrogen-bond donors (Lipinski definition) is 2. The van der Waals surface area contributed by atoms with E-state index in [9.17, 15) is 13.8 Å². The molecule has 2 aromatic carbocycles. The molecule has 0 saturated carbocycles. The first-order valence-corrected chi connectivity index (χ1v) is 11.5. The fourth-order valence-corrected chi connectivity index (χ4v) is 4.36. The molecule has 2 atom stereocenters. The summed E-state index contributed by atoms with van der Waals surface area (Å²) in [7, 11) is -3.58. The third kappa shape index (κ3) is 6.42. The van der Waals surface area contributed by atoms with Gasteiger partial charge in [-0.15, -0.1) is 4.36 Å². The lowest BCUT2D eigenvalue weighted by molar-refractivity contribution is -0.120. The number of amides is 2. The van der Waals surface area contributed by atoms with Gasteiger partial charge in [-0.1, -0.05) is 49.7 Å². The van der Waals surface area contributed by atoms with Crippen LogP contribution in [0.2, 0.25) is 5.02 Å². The van der Waals surface area contributed by atoms with Crippen LogP contribution in [0.4, 0.5) is 4.79 Å². The van der Waals surface area contributed by atoms with E-state index in [1.807, 2.05) is 13.8 Å². The van der Waals surface area contributed by atoms with Gasteiger partial charge in [0, 0.05) is 15.8 Å². The second kappa shape index (κ2) is 9.32. The summed E-state index contributed by atoms with van der Waals surface area (Å²) >= 11 is 6.21. The maximum Gasteiger partial charge on any atom is 0.408 e. The number of nitrogens with two attached hydrogens (primary N) is 1. The van der Waals surface area contributed by atoms with Crippen molar-refractivity contribution in [2.75, 3.05) is 0 Å². The van der Waals surface area contributed by atoms with Crippen molar-refractivity contribution in [2.45, 2.75) is 57.6 Å². The summed E-state index contributed by atoms with van der Waals surface area (Å²) < 4.78 is 22.3. The molecule has 2 aromatic rings. The van der Waals surface area contributed by atoms with Gasteiger partial charge in [-0.3, -0.25) is 4.79 Å². The number of nitrogens with one attached hydrogen (secondary N) is 1. The Morgan fingerprint density at radius 2 is 1.77 bits per heavy atom. The Labute approximate surface area is 182 Å². The van der Waals surface area contributed by atoms with Gasteiger partial charge >= 0.3 is 6.09 Å². The maximum absolute atomic E-state index is 13.2. The lowest BCUT2D eigenvalue weighted by atomic mass is 10.0. The predicted octanol–water partition coefficient (Wildman–Crippen LogP) is 4.66. The van der Waals surface area contributed by atoms with Gasteiger partial charge in [0.25, 0.3) is 5.91 Å². The molecule has 3 N–H and O–H groups in total. The maximum atomic E-state index is 13.2. The van der Waals surface area contributed by atoms with E-state index in [0.29, 0.717) is 22.2 Å². The second-order valence-electron chi connectivity index (χ2n) is 8.42. The Hall–Kier alpha value is -2.16. The van der Waals surface area contributed by atoms with Crippen LogP contribution in [0.3, 0.4) is 0 Å². The Balaban J connectivity index is 2.42. The number of halogens is 1. The fourth-order valence-electron chi connectivity index (χ4n) is 2.88. The van der Waals surface area contributed by atoms with Gasteiger partial charge in [-0.25, -0.2) is 14.1 Å². The van der Waals surface area contributed by atoms with Crippen LogP contribution in [0.15, 0.2) is 45.7 Å². The molecule has 0 saturated heterocycles. The van der Waals surface area contributed by atoms with Crippen LogP contribution >= 0.6 is 11.6 Å². The lowest BCUT2D eigenvalue weighted by Crippen LogP contribution is -2.44. The average Bonchev–Trinajstić information content (AvgIpc) is 2.59. The van der Waals surface area contributed by atoms with Gasteiger partial charge in [0.05, 0.1) is 4.90 Å². The van der Waals surface area contributed by atoms with Crippen LogP contribution < -0.4 is 10.5 Å². The second-order valence-corrected chi connectivity index (χ2v) is 10.6. The number of nitrogens with zero attached hydrogens (tertiary/aromatic N) is 1. The topological polar surface area (TPSA) is 111 Å². The highest BCUT2D eigenvalue weighted by atomic mass is 35.5. The normalized spacial score (nSPS) is 14.8. The number of hydrogen-bond acceptors (Lipinski definition) is 4. The smallest absolute Gasteiger partial charge is 0.408 e. The van der Waals surface area contributed by atoms with Crippen LogP contribution in [0, 0.1) is 5.92 Å². The molecule has 7 nitrogen and oxygen atoms in total. The highest BCUT2D eigenvalue weighted by molar-refractivity contribution is 7.92. The summed E-state index contributed by atoms with van der Waals surface area (Å²) in [5, 5.41) is 10.2. The van der Waals surface area contributed by atoms with Gasteiger partial charge < -0.3 is 10.1 Å². The first-order chi connectivity index (χ1) is 13.8. The Kier molecular flexibility index (Phi) is 7.49. The first kappa shape index (κ1) is 24.1. The number of carbonyl (C=O) groups excluding carboxylic acids is 2. The summed E-state index contributed by atoms with van der Waals surface area (Å²) in [4.78, 5) is 25.2. The zero-order chi connectivity index (χ0) is 22.7. The zero-order valence-electron chi connectivity index (χ0n) is 17.8. The van der Waals surface area contributed by atoms with E-state index in [0.717, 1.165) is 0 Å². The predicted molar refractivity (Wildman–Crippen MR) is 120 cm³/mol. The Morgan fingerprint density at radius 3 is 2.33 bits per heavy atom. The fraction of sp³-hybridized carbons (Fsp3) is 0.429. The number of benzene rings is 2. The molecule has 0 heterocycles. The summed E-state index contributed by atoms with van der Waals surface area (Å²) in [5.74, 6) is -0.713. The van der Waals surface area contributed by atoms with Gasteiger partial charge in [0.2, 0.25) is 0 Å². The van der Waals surface area contributed by atoms with E-state index in [2.05, 4.69) is 9.68 Å². The number of carbonyl (C=O) groups is 2. The molecule has 0 bridgehead atoms. The third-order valence-corrected chi connectivity index (χ3v) is 5.83. The summed E-state index contributed by atoms with van der Waals surface area (Å²) in [6.45, 7) is 8.94. The monoisotopic (exact) mass is 453 g/mol. The highest BCUT2D eigenvalue weighted by Crippen LogP contribution is 2.29. The molecule has 1 unspecified atom stereocenters. The van der Waals surface area contributed by atoms with Crippen molar-refractivity contribution in [1.82, 2.24) is 5.32 Å². The highest BCUT2D eigenvalue weighted by Gasteiger charge is 2.26. The minimum Gasteiger partial charge on any atom is -0.444 e. The molecule has 0 aliphatic carbocycles. The van der Waals surface area contributed by atoms with E-state index in [4.69, 9.17) is 21.5 Å². The van der Waals surface area contributed by atoms with Crippen molar-refractivity contribution in [3.63, 3.8) is 0 Å². The largest absolute Gasteiger partial charge is 0.444 e. The molecule has 0 aliphatic heterocycles. The average molecular weight is 454 g/mol. The van der Waals surface area contributed by atoms with Crippen molar-refractivity contribution in [1.29, 1.82) is 0 Å². The molecule has 9 heteroatoms. The van der Waals surface area contributed by atoms with Crippen molar-refractivity contribution in [3.05, 3.63) is 41.4 Å². The Bertz CT molecular complexity index is 1070. The molecule has 0 radical (unpaired) electrons. The van der Waals surface area contributed by atoms with Crippen LogP contribution in [0.25, 0.3) is 10.8 Å². The minimum atomic E-state index is -3.58. The van der Waals surface area contributed by atoms with Crippen LogP contribution in [-0.4, -0.2) is 27.9 Å². The van der Waals surface area contributed by atoms with E-state index in [1.165, 1.54) is 6.07 Å². The van der Waals surface area contributed by atoms with Crippen molar-refractivity contribution in [3.8, 4) is 0 Å². The summed E-state index contributed by atoms with van der Waals surface area (Å²) in [6, 6.07) is 9.09. The summed E-state index contributed by atoms with van der Waals surface area (Å²) in [6.07, 6.45) is -0.462. The molecule has 0 aliphatic rings. The van der Waals surface area contributed by atoms with Gasteiger partial charge in [0.1, 0.15) is 21.6 Å². The first-order valence-electron chi connectivity index (χ1n) is 9.55. The van der Waals surface area contributed by atoms with Crippen LogP contribution in [-0.2, 0) is 19.4 Å². The number of rotatable bonds is 5. The van der Waals surface area contributed by atoms with Crippen molar-refractivity contribution < 1.29 is 18.5 Å². The van der Waals surface area contributed by atoms with E-state index in [1.54, 1.807) is 51.1 Å². The number of ether oxygens (including phenoxy) is 1. The molecule has 30 heavy (non-hydrogen) atoms. The van der Waals surface area contributed by atoms with Crippen LogP contribution in [0.1, 0.15) is 41.0 Å². The molecule has 2 amide bonds. The standard InChI is InChI=1S/C21H28ClN3O4S/c1-13(2)12-17(24-20(27)29-21(3,4)5)19(26)25-30(23,28)18-11-10-16(22)14-8-6-7-9-15(14)18/h6-11,13,17H,12H2,1-5H3,(H,24,27)(H2,23,25,26,28)/t17-,30?/m0/s1. The molecular formula is C21H28ClN3O4S. The van der Waals surface area contributed by atoms with Crippen LogP contribution in [0.5, 0.6) is 0 Å². The van der Waals surface area contributed by atoms with Gasteiger partial charge in [-0.2, -0.15) is 0 Å². The minimum absolute atomic E-state index is 0.0641. The Morgan fingerprint density at radius 1 is 1.17 bits per heavy atom. The summed E-state index contributed by atoms with van der Waals surface area (Å²) in [5.41, 5.74) is -0.726. The molecule has 2 rings (SSSR count). The third-order valence-electron chi connectivity index (χ3n) is 4.07. The van der Waals surface area contributed by atoms with E-state index < -0.39 is 33.6 Å². The SMILES string of the molecule is CC(C)C[C@H](NC(=O)OC(C)(C)C)C(=O)N=S(N)(=O)c1ccc(Cl)c2ccccc12. The molecule has 0 aromatic heterocycles. The zero-order valence-corrected chi connectivity index (χ0v) is 19.3.